The van der Waals surface area contributed by atoms with E-state index in [2.05, 4.69) is 32.6 Å². The van der Waals surface area contributed by atoms with Crippen LogP contribution in [0, 0.1) is 5.41 Å². The fraction of sp³-hybridized carbons (Fsp3) is 1.00. The quantitative estimate of drug-likeness (QED) is 0.686. The highest BCUT2D eigenvalue weighted by molar-refractivity contribution is 4.81. The molecular formula is C14H32N2O2. The summed E-state index contributed by atoms with van der Waals surface area (Å²) in [5.41, 5.74) is 6.24. The van der Waals surface area contributed by atoms with Gasteiger partial charge in [0, 0.05) is 39.4 Å². The molecule has 0 spiro atoms. The molecule has 0 bridgehead atoms. The molecule has 0 fully saturated rings. The van der Waals surface area contributed by atoms with Gasteiger partial charge in [0.25, 0.3) is 0 Å². The number of hydrogen-bond acceptors (Lipinski definition) is 4. The number of rotatable bonds is 9. The Balaban J connectivity index is 4.65. The van der Waals surface area contributed by atoms with Gasteiger partial charge in [-0.1, -0.05) is 20.8 Å². The molecular weight excluding hydrogens is 228 g/mol. The summed E-state index contributed by atoms with van der Waals surface area (Å²) in [5, 5.41) is 0. The number of hydrogen-bond donors (Lipinski definition) is 1. The van der Waals surface area contributed by atoms with Gasteiger partial charge < -0.3 is 15.2 Å². The summed E-state index contributed by atoms with van der Waals surface area (Å²) < 4.78 is 10.5. The molecule has 0 rings (SSSR count). The van der Waals surface area contributed by atoms with E-state index >= 15 is 0 Å². The molecule has 0 saturated heterocycles. The summed E-state index contributed by atoms with van der Waals surface area (Å²) in [7, 11) is 3.48. The zero-order valence-electron chi connectivity index (χ0n) is 13.0. The second kappa shape index (κ2) is 8.86. The van der Waals surface area contributed by atoms with Gasteiger partial charge in [-0.05, 0) is 18.8 Å². The van der Waals surface area contributed by atoms with Crippen molar-refractivity contribution in [1.82, 2.24) is 4.90 Å². The molecule has 2 atom stereocenters. The molecule has 0 aromatic carbocycles. The molecule has 0 radical (unpaired) electrons. The smallest absolute Gasteiger partial charge is 0.0615 e. The SMILES string of the molecule is COCCN(C(C)COC)C(CN)CC(C)(C)C. The maximum atomic E-state index is 5.96. The van der Waals surface area contributed by atoms with E-state index in [1.54, 1.807) is 14.2 Å². The van der Waals surface area contributed by atoms with Crippen molar-refractivity contribution < 1.29 is 9.47 Å². The van der Waals surface area contributed by atoms with Gasteiger partial charge in [-0.15, -0.1) is 0 Å². The van der Waals surface area contributed by atoms with E-state index in [0.717, 1.165) is 26.2 Å². The Bertz CT molecular complexity index is 204. The molecule has 0 heterocycles. The third-order valence-electron chi connectivity index (χ3n) is 3.12. The molecule has 18 heavy (non-hydrogen) atoms. The molecule has 2 N–H and O–H groups in total. The van der Waals surface area contributed by atoms with E-state index in [1.165, 1.54) is 0 Å². The van der Waals surface area contributed by atoms with Crippen LogP contribution in [0.1, 0.15) is 34.1 Å². The second-order valence-corrected chi connectivity index (χ2v) is 6.19. The third-order valence-corrected chi connectivity index (χ3v) is 3.12. The normalized spacial score (nSPS) is 16.0. The Morgan fingerprint density at radius 3 is 2.17 bits per heavy atom. The van der Waals surface area contributed by atoms with Crippen LogP contribution < -0.4 is 5.73 Å². The van der Waals surface area contributed by atoms with E-state index in [1.807, 2.05) is 0 Å². The zero-order valence-corrected chi connectivity index (χ0v) is 13.0. The van der Waals surface area contributed by atoms with Crippen LogP contribution in [0.2, 0.25) is 0 Å². The van der Waals surface area contributed by atoms with Crippen molar-refractivity contribution in [3.63, 3.8) is 0 Å². The van der Waals surface area contributed by atoms with Gasteiger partial charge in [-0.3, -0.25) is 4.90 Å². The van der Waals surface area contributed by atoms with Crippen molar-refractivity contribution in [3.8, 4) is 0 Å². The number of methoxy groups -OCH3 is 2. The number of nitrogens with two attached hydrogens (primary N) is 1. The molecule has 4 heteroatoms. The molecule has 0 saturated carbocycles. The van der Waals surface area contributed by atoms with Crippen molar-refractivity contribution in [1.29, 1.82) is 0 Å². The molecule has 0 aliphatic heterocycles. The largest absolute Gasteiger partial charge is 0.383 e. The highest BCUT2D eigenvalue weighted by Gasteiger charge is 2.26. The van der Waals surface area contributed by atoms with E-state index < -0.39 is 0 Å². The maximum Gasteiger partial charge on any atom is 0.0615 e. The lowest BCUT2D eigenvalue weighted by Gasteiger charge is -2.38. The van der Waals surface area contributed by atoms with E-state index in [9.17, 15) is 0 Å². The average molecular weight is 260 g/mol. The second-order valence-electron chi connectivity index (χ2n) is 6.19. The van der Waals surface area contributed by atoms with Crippen molar-refractivity contribution >= 4 is 0 Å². The van der Waals surface area contributed by atoms with E-state index in [4.69, 9.17) is 15.2 Å². The van der Waals surface area contributed by atoms with Crippen molar-refractivity contribution in [3.05, 3.63) is 0 Å². The lowest BCUT2D eigenvalue weighted by atomic mass is 9.87. The van der Waals surface area contributed by atoms with Crippen molar-refractivity contribution in [2.45, 2.75) is 46.2 Å². The van der Waals surface area contributed by atoms with Gasteiger partial charge >= 0.3 is 0 Å². The molecule has 110 valence electrons. The summed E-state index contributed by atoms with van der Waals surface area (Å²) in [6.45, 7) is 12.0. The lowest BCUT2D eigenvalue weighted by Crippen LogP contribution is -2.50. The van der Waals surface area contributed by atoms with Crippen molar-refractivity contribution in [2.24, 2.45) is 11.1 Å². The minimum atomic E-state index is 0.280. The topological polar surface area (TPSA) is 47.7 Å². The first kappa shape index (κ1) is 17.8. The van der Waals surface area contributed by atoms with Gasteiger partial charge in [0.15, 0.2) is 0 Å². The van der Waals surface area contributed by atoms with Crippen molar-refractivity contribution in [2.75, 3.05) is 40.5 Å². The number of nitrogens with zero attached hydrogens (tertiary/aromatic N) is 1. The number of ether oxygens (including phenoxy) is 2. The van der Waals surface area contributed by atoms with Crippen LogP contribution in [-0.2, 0) is 9.47 Å². The van der Waals surface area contributed by atoms with Crippen LogP contribution in [-0.4, -0.2) is 57.5 Å². The standard InChI is InChI=1S/C14H32N2O2/c1-12(11-18-6)16(7-8-17-5)13(10-15)9-14(2,3)4/h12-13H,7-11,15H2,1-6H3. The first-order valence-electron chi connectivity index (χ1n) is 6.79. The van der Waals surface area contributed by atoms with E-state index in [-0.39, 0.29) is 5.41 Å². The average Bonchev–Trinajstić information content (AvgIpc) is 2.26. The van der Waals surface area contributed by atoms with Gasteiger partial charge in [0.1, 0.15) is 0 Å². The molecule has 0 aromatic heterocycles. The minimum absolute atomic E-state index is 0.280. The highest BCUT2D eigenvalue weighted by atomic mass is 16.5. The van der Waals surface area contributed by atoms with Crippen LogP contribution in [0.25, 0.3) is 0 Å². The Labute approximate surface area is 113 Å². The molecule has 0 aliphatic rings. The molecule has 0 aliphatic carbocycles. The van der Waals surface area contributed by atoms with Gasteiger partial charge in [0.2, 0.25) is 0 Å². The maximum absolute atomic E-state index is 5.96. The Morgan fingerprint density at radius 2 is 1.78 bits per heavy atom. The summed E-state index contributed by atoms with van der Waals surface area (Å²) in [5.74, 6) is 0. The molecule has 4 nitrogen and oxygen atoms in total. The summed E-state index contributed by atoms with van der Waals surface area (Å²) >= 11 is 0. The van der Waals surface area contributed by atoms with E-state index in [0.29, 0.717) is 18.6 Å². The monoisotopic (exact) mass is 260 g/mol. The predicted molar refractivity (Wildman–Crippen MR) is 76.8 cm³/mol. The van der Waals surface area contributed by atoms with Crippen LogP contribution in [0.15, 0.2) is 0 Å². The van der Waals surface area contributed by atoms with Crippen LogP contribution in [0.3, 0.4) is 0 Å². The van der Waals surface area contributed by atoms with Crippen LogP contribution in [0.4, 0.5) is 0 Å². The molecule has 0 amide bonds. The Morgan fingerprint density at radius 1 is 1.17 bits per heavy atom. The Kier molecular flexibility index (Phi) is 8.78. The summed E-state index contributed by atoms with van der Waals surface area (Å²) in [6.07, 6.45) is 1.08. The fourth-order valence-electron chi connectivity index (χ4n) is 2.34. The van der Waals surface area contributed by atoms with Gasteiger partial charge in [0.05, 0.1) is 13.2 Å². The fourth-order valence-corrected chi connectivity index (χ4v) is 2.34. The Hall–Kier alpha value is -0.160. The first-order valence-corrected chi connectivity index (χ1v) is 6.79. The summed E-state index contributed by atoms with van der Waals surface area (Å²) in [4.78, 5) is 2.41. The van der Waals surface area contributed by atoms with Gasteiger partial charge in [-0.2, -0.15) is 0 Å². The summed E-state index contributed by atoms with van der Waals surface area (Å²) in [6, 6.07) is 0.742. The van der Waals surface area contributed by atoms with Crippen LogP contribution >= 0.6 is 0 Å². The van der Waals surface area contributed by atoms with Crippen LogP contribution in [0.5, 0.6) is 0 Å². The third kappa shape index (κ3) is 7.31. The first-order chi connectivity index (χ1) is 8.35. The molecule has 2 unspecified atom stereocenters. The van der Waals surface area contributed by atoms with Gasteiger partial charge in [-0.25, -0.2) is 0 Å². The molecule has 0 aromatic rings. The highest BCUT2D eigenvalue weighted by Crippen LogP contribution is 2.24. The lowest BCUT2D eigenvalue weighted by molar-refractivity contribution is 0.0367. The minimum Gasteiger partial charge on any atom is -0.383 e. The predicted octanol–water partition coefficient (Wildman–Crippen LogP) is 1.73. The zero-order chi connectivity index (χ0) is 14.2.